The second-order valence-corrected chi connectivity index (χ2v) is 7.71. The molecule has 6 nitrogen and oxygen atoms in total. The predicted molar refractivity (Wildman–Crippen MR) is 102 cm³/mol. The molecule has 4 rings (SSSR count). The number of carbonyl (C=O) groups excluding carboxylic acids is 1. The summed E-state index contributed by atoms with van der Waals surface area (Å²) in [7, 11) is 3.86. The van der Waals surface area contributed by atoms with Gasteiger partial charge in [0.1, 0.15) is 17.1 Å². The van der Waals surface area contributed by atoms with Gasteiger partial charge in [-0.05, 0) is 44.0 Å². The summed E-state index contributed by atoms with van der Waals surface area (Å²) in [4.78, 5) is 17.6. The third-order valence-corrected chi connectivity index (χ3v) is 6.12. The van der Waals surface area contributed by atoms with Crippen LogP contribution < -0.4 is 4.74 Å². The molecule has 2 saturated heterocycles. The molecule has 3 atom stereocenters. The van der Waals surface area contributed by atoms with Crippen LogP contribution in [-0.2, 0) is 6.42 Å². The van der Waals surface area contributed by atoms with E-state index in [1.807, 2.05) is 30.9 Å². The van der Waals surface area contributed by atoms with Crippen molar-refractivity contribution in [3.8, 4) is 5.75 Å². The summed E-state index contributed by atoms with van der Waals surface area (Å²) < 4.78 is 10.6. The minimum absolute atomic E-state index is 0.0659. The number of aromatic nitrogens is 1. The lowest BCUT2D eigenvalue weighted by Crippen LogP contribution is -2.34. The maximum absolute atomic E-state index is 13.1. The first kappa shape index (κ1) is 18.0. The number of ether oxygens (including phenoxy) is 1. The fourth-order valence-corrected chi connectivity index (χ4v) is 4.82. The van der Waals surface area contributed by atoms with Gasteiger partial charge in [-0.25, -0.2) is 0 Å². The normalized spacial score (nSPS) is 25.0. The molecule has 6 heteroatoms. The topological polar surface area (TPSA) is 58.8 Å². The van der Waals surface area contributed by atoms with Gasteiger partial charge in [-0.2, -0.15) is 0 Å². The SMILES string of the molecule is CCc1noc(C)c1C(=O)N1C[C@@H]2CN(C)[C@@H](c3ccc(OC)cc3)[C@@H]2C1. The van der Waals surface area contributed by atoms with Gasteiger partial charge in [0, 0.05) is 31.6 Å². The van der Waals surface area contributed by atoms with Gasteiger partial charge in [0.15, 0.2) is 0 Å². The van der Waals surface area contributed by atoms with Crippen molar-refractivity contribution in [2.24, 2.45) is 11.8 Å². The monoisotopic (exact) mass is 369 g/mol. The molecule has 0 unspecified atom stereocenters. The van der Waals surface area contributed by atoms with E-state index in [0.29, 0.717) is 35.6 Å². The van der Waals surface area contributed by atoms with E-state index in [1.54, 1.807) is 7.11 Å². The van der Waals surface area contributed by atoms with Crippen LogP contribution in [0.2, 0.25) is 0 Å². The summed E-state index contributed by atoms with van der Waals surface area (Å²) in [5.41, 5.74) is 2.71. The molecule has 1 amide bonds. The highest BCUT2D eigenvalue weighted by molar-refractivity contribution is 5.96. The van der Waals surface area contributed by atoms with Crippen LogP contribution in [0.25, 0.3) is 0 Å². The van der Waals surface area contributed by atoms with Crippen LogP contribution in [0.15, 0.2) is 28.8 Å². The zero-order chi connectivity index (χ0) is 19.1. The Hall–Kier alpha value is -2.34. The largest absolute Gasteiger partial charge is 0.497 e. The van der Waals surface area contributed by atoms with Crippen LogP contribution >= 0.6 is 0 Å². The Morgan fingerprint density at radius 1 is 1.26 bits per heavy atom. The number of aryl methyl sites for hydroxylation is 2. The second-order valence-electron chi connectivity index (χ2n) is 7.71. The molecule has 0 spiro atoms. The van der Waals surface area contributed by atoms with Gasteiger partial charge in [-0.1, -0.05) is 24.2 Å². The van der Waals surface area contributed by atoms with Crippen LogP contribution in [-0.4, -0.2) is 54.7 Å². The Balaban J connectivity index is 1.55. The van der Waals surface area contributed by atoms with Crippen LogP contribution in [0, 0.1) is 18.8 Å². The zero-order valence-electron chi connectivity index (χ0n) is 16.4. The first-order valence-electron chi connectivity index (χ1n) is 9.62. The minimum atomic E-state index is 0.0659. The molecule has 1 aromatic carbocycles. The van der Waals surface area contributed by atoms with Gasteiger partial charge in [-0.15, -0.1) is 0 Å². The van der Waals surface area contributed by atoms with Gasteiger partial charge in [0.05, 0.1) is 12.8 Å². The number of likely N-dealkylation sites (tertiary alicyclic amines) is 2. The van der Waals surface area contributed by atoms with E-state index in [4.69, 9.17) is 9.26 Å². The second kappa shape index (κ2) is 7.00. The van der Waals surface area contributed by atoms with E-state index < -0.39 is 0 Å². The van der Waals surface area contributed by atoms with Crippen LogP contribution in [0.5, 0.6) is 5.75 Å². The lowest BCUT2D eigenvalue weighted by molar-refractivity contribution is 0.0765. The predicted octanol–water partition coefficient (Wildman–Crippen LogP) is 2.93. The molecular formula is C21H27N3O3. The highest BCUT2D eigenvalue weighted by Crippen LogP contribution is 2.44. The molecule has 27 heavy (non-hydrogen) atoms. The molecule has 0 radical (unpaired) electrons. The van der Waals surface area contributed by atoms with Crippen molar-refractivity contribution in [1.29, 1.82) is 0 Å². The molecule has 1 aromatic heterocycles. The average Bonchev–Trinajstić information content (AvgIpc) is 3.33. The number of hydrogen-bond acceptors (Lipinski definition) is 5. The maximum atomic E-state index is 13.1. The molecule has 3 heterocycles. The van der Waals surface area contributed by atoms with Crippen molar-refractivity contribution < 1.29 is 14.1 Å². The summed E-state index contributed by atoms with van der Waals surface area (Å²) in [6, 6.07) is 8.65. The number of benzene rings is 1. The number of carbonyl (C=O) groups is 1. The fourth-order valence-electron chi connectivity index (χ4n) is 4.82. The molecule has 2 aromatic rings. The standard InChI is InChI=1S/C21H27N3O3/c1-5-18-19(13(2)27-22-18)21(25)24-11-15-10-23(3)20(17(15)12-24)14-6-8-16(26-4)9-7-14/h6-9,15,17,20H,5,10-12H2,1-4H3/t15-,17+,20-/m0/s1. The minimum Gasteiger partial charge on any atom is -0.497 e. The van der Waals surface area contributed by atoms with E-state index in [2.05, 4.69) is 29.2 Å². The van der Waals surface area contributed by atoms with Crippen LogP contribution in [0.1, 0.15) is 40.3 Å². The summed E-state index contributed by atoms with van der Waals surface area (Å²) in [5, 5.41) is 4.05. The van der Waals surface area contributed by atoms with E-state index >= 15 is 0 Å². The van der Waals surface area contributed by atoms with Crippen molar-refractivity contribution in [3.63, 3.8) is 0 Å². The molecule has 0 aliphatic carbocycles. The van der Waals surface area contributed by atoms with E-state index in [0.717, 1.165) is 31.1 Å². The average molecular weight is 369 g/mol. The Bertz CT molecular complexity index is 830. The van der Waals surface area contributed by atoms with Crippen molar-refractivity contribution in [2.75, 3.05) is 33.8 Å². The quantitative estimate of drug-likeness (QED) is 0.829. The number of rotatable bonds is 4. The first-order chi connectivity index (χ1) is 13.0. The molecule has 0 saturated carbocycles. The Morgan fingerprint density at radius 3 is 2.67 bits per heavy atom. The summed E-state index contributed by atoms with van der Waals surface area (Å²) >= 11 is 0. The van der Waals surface area contributed by atoms with Gasteiger partial charge >= 0.3 is 0 Å². The van der Waals surface area contributed by atoms with Gasteiger partial charge in [0.25, 0.3) is 5.91 Å². The van der Waals surface area contributed by atoms with E-state index in [-0.39, 0.29) is 5.91 Å². The summed E-state index contributed by atoms with van der Waals surface area (Å²) in [6.45, 7) is 6.41. The number of hydrogen-bond donors (Lipinski definition) is 0. The Kier molecular flexibility index (Phi) is 4.68. The molecule has 0 bridgehead atoms. The Labute approximate surface area is 160 Å². The fraction of sp³-hybridized carbons (Fsp3) is 0.524. The lowest BCUT2D eigenvalue weighted by atomic mass is 9.89. The lowest BCUT2D eigenvalue weighted by Gasteiger charge is -2.27. The van der Waals surface area contributed by atoms with Gasteiger partial charge in [0.2, 0.25) is 0 Å². The number of fused-ring (bicyclic) bond motifs is 1. The van der Waals surface area contributed by atoms with Crippen molar-refractivity contribution in [2.45, 2.75) is 26.3 Å². The molecule has 2 aliphatic rings. The third-order valence-electron chi connectivity index (χ3n) is 6.12. The summed E-state index contributed by atoms with van der Waals surface area (Å²) in [6.07, 6.45) is 0.705. The van der Waals surface area contributed by atoms with Crippen molar-refractivity contribution in [1.82, 2.24) is 15.0 Å². The van der Waals surface area contributed by atoms with Gasteiger partial charge < -0.3 is 14.2 Å². The number of nitrogens with zero attached hydrogens (tertiary/aromatic N) is 3. The van der Waals surface area contributed by atoms with Crippen molar-refractivity contribution >= 4 is 5.91 Å². The van der Waals surface area contributed by atoms with Gasteiger partial charge in [-0.3, -0.25) is 9.69 Å². The molecule has 144 valence electrons. The molecular weight excluding hydrogens is 342 g/mol. The Morgan fingerprint density at radius 2 is 2.00 bits per heavy atom. The zero-order valence-corrected chi connectivity index (χ0v) is 16.4. The maximum Gasteiger partial charge on any atom is 0.259 e. The molecule has 2 aliphatic heterocycles. The number of methoxy groups -OCH3 is 1. The van der Waals surface area contributed by atoms with Crippen LogP contribution in [0.3, 0.4) is 0 Å². The molecule has 2 fully saturated rings. The molecule has 0 N–H and O–H groups in total. The highest BCUT2D eigenvalue weighted by Gasteiger charge is 2.47. The van der Waals surface area contributed by atoms with E-state index in [1.165, 1.54) is 5.56 Å². The van der Waals surface area contributed by atoms with Crippen LogP contribution in [0.4, 0.5) is 0 Å². The summed E-state index contributed by atoms with van der Waals surface area (Å²) in [5.74, 6) is 2.50. The smallest absolute Gasteiger partial charge is 0.259 e. The third kappa shape index (κ3) is 3.02. The first-order valence-corrected chi connectivity index (χ1v) is 9.62. The van der Waals surface area contributed by atoms with E-state index in [9.17, 15) is 4.79 Å². The van der Waals surface area contributed by atoms with Crippen molar-refractivity contribution in [3.05, 3.63) is 46.8 Å². The number of amides is 1. The highest BCUT2D eigenvalue weighted by atomic mass is 16.5.